The highest BCUT2D eigenvalue weighted by Gasteiger charge is 2.41. The van der Waals surface area contributed by atoms with Crippen LogP contribution < -0.4 is 5.32 Å². The van der Waals surface area contributed by atoms with Crippen LogP contribution in [0, 0.1) is 17.8 Å². The summed E-state index contributed by atoms with van der Waals surface area (Å²) in [6.45, 7) is 2.86. The summed E-state index contributed by atoms with van der Waals surface area (Å²) in [5.41, 5.74) is 0. The third-order valence-electron chi connectivity index (χ3n) is 5.92. The Balaban J connectivity index is 1.45. The average molecular weight is 294 g/mol. The highest BCUT2D eigenvalue weighted by Crippen LogP contribution is 2.50. The van der Waals surface area contributed by atoms with Gasteiger partial charge in [-0.05, 0) is 56.3 Å². The van der Waals surface area contributed by atoms with E-state index in [2.05, 4.69) is 10.2 Å². The van der Waals surface area contributed by atoms with E-state index in [1.165, 1.54) is 44.9 Å². The molecule has 0 radical (unpaired) electrons. The summed E-state index contributed by atoms with van der Waals surface area (Å²) >= 11 is 0. The summed E-state index contributed by atoms with van der Waals surface area (Å²) < 4.78 is 5.00. The Bertz CT molecular complexity index is 361. The number of carbonyl (C=O) groups excluding carboxylic acids is 1. The standard InChI is InChI=1S/C17H30N2O2/c1-21-8-6-18-12-17(20)19-7-2-3-16(19)11-15-10-13-4-5-14(15)9-13/h13-16,18H,2-12H2,1H3. The van der Waals surface area contributed by atoms with Crippen molar-refractivity contribution in [1.29, 1.82) is 0 Å². The van der Waals surface area contributed by atoms with Crippen LogP contribution in [0.1, 0.15) is 44.9 Å². The van der Waals surface area contributed by atoms with Crippen LogP contribution in [0.2, 0.25) is 0 Å². The minimum absolute atomic E-state index is 0.289. The molecule has 4 unspecified atom stereocenters. The molecule has 1 N–H and O–H groups in total. The topological polar surface area (TPSA) is 41.6 Å². The third-order valence-corrected chi connectivity index (χ3v) is 5.92. The molecular formula is C17H30N2O2. The zero-order chi connectivity index (χ0) is 14.7. The fourth-order valence-corrected chi connectivity index (χ4v) is 4.89. The Hall–Kier alpha value is -0.610. The first-order chi connectivity index (χ1) is 10.3. The highest BCUT2D eigenvalue weighted by molar-refractivity contribution is 5.78. The Labute approximate surface area is 128 Å². The molecule has 1 amide bonds. The quantitative estimate of drug-likeness (QED) is 0.731. The van der Waals surface area contributed by atoms with Crippen molar-refractivity contribution in [2.45, 2.75) is 51.0 Å². The van der Waals surface area contributed by atoms with Crippen LogP contribution in [-0.2, 0) is 9.53 Å². The number of nitrogens with one attached hydrogen (secondary N) is 1. The van der Waals surface area contributed by atoms with Gasteiger partial charge in [0.05, 0.1) is 13.2 Å². The van der Waals surface area contributed by atoms with Crippen LogP contribution in [-0.4, -0.2) is 50.2 Å². The van der Waals surface area contributed by atoms with Gasteiger partial charge in [-0.25, -0.2) is 0 Å². The molecule has 2 bridgehead atoms. The lowest BCUT2D eigenvalue weighted by Crippen LogP contribution is -2.42. The van der Waals surface area contributed by atoms with Crippen molar-refractivity contribution in [3.05, 3.63) is 0 Å². The largest absolute Gasteiger partial charge is 0.383 e. The smallest absolute Gasteiger partial charge is 0.236 e. The molecule has 0 aromatic carbocycles. The van der Waals surface area contributed by atoms with Crippen LogP contribution in [0.5, 0.6) is 0 Å². The van der Waals surface area contributed by atoms with E-state index in [4.69, 9.17) is 4.74 Å². The first kappa shape index (κ1) is 15.3. The van der Waals surface area contributed by atoms with Gasteiger partial charge in [0.25, 0.3) is 0 Å². The van der Waals surface area contributed by atoms with Gasteiger partial charge in [-0.1, -0.05) is 6.42 Å². The minimum atomic E-state index is 0.289. The number of likely N-dealkylation sites (tertiary alicyclic amines) is 1. The lowest BCUT2D eigenvalue weighted by atomic mass is 9.83. The maximum atomic E-state index is 12.4. The van der Waals surface area contributed by atoms with E-state index in [1.54, 1.807) is 7.11 Å². The van der Waals surface area contributed by atoms with Gasteiger partial charge in [-0.3, -0.25) is 4.79 Å². The van der Waals surface area contributed by atoms with E-state index in [9.17, 15) is 4.79 Å². The van der Waals surface area contributed by atoms with Crippen molar-refractivity contribution >= 4 is 5.91 Å². The lowest BCUT2D eigenvalue weighted by Gasteiger charge is -2.30. The van der Waals surface area contributed by atoms with Gasteiger partial charge in [0.1, 0.15) is 0 Å². The molecule has 21 heavy (non-hydrogen) atoms. The van der Waals surface area contributed by atoms with Crippen LogP contribution >= 0.6 is 0 Å². The number of hydrogen-bond acceptors (Lipinski definition) is 3. The van der Waals surface area contributed by atoms with E-state index < -0.39 is 0 Å². The van der Waals surface area contributed by atoms with Crippen molar-refractivity contribution in [1.82, 2.24) is 10.2 Å². The second kappa shape index (κ2) is 7.10. The van der Waals surface area contributed by atoms with Crippen LogP contribution in [0.4, 0.5) is 0 Å². The van der Waals surface area contributed by atoms with Crippen LogP contribution in [0.25, 0.3) is 0 Å². The summed E-state index contributed by atoms with van der Waals surface area (Å²) in [7, 11) is 1.69. The fourth-order valence-electron chi connectivity index (χ4n) is 4.89. The van der Waals surface area contributed by atoms with Crippen molar-refractivity contribution in [3.8, 4) is 0 Å². The number of ether oxygens (including phenoxy) is 1. The summed E-state index contributed by atoms with van der Waals surface area (Å²) in [5.74, 6) is 3.19. The zero-order valence-corrected chi connectivity index (χ0v) is 13.4. The van der Waals surface area contributed by atoms with Gasteiger partial charge in [-0.15, -0.1) is 0 Å². The summed E-state index contributed by atoms with van der Waals surface area (Å²) in [6.07, 6.45) is 9.52. The van der Waals surface area contributed by atoms with E-state index in [0.29, 0.717) is 19.2 Å². The summed E-state index contributed by atoms with van der Waals surface area (Å²) in [4.78, 5) is 14.5. The molecule has 4 nitrogen and oxygen atoms in total. The van der Waals surface area contributed by atoms with Crippen molar-refractivity contribution in [3.63, 3.8) is 0 Å². The molecule has 2 saturated carbocycles. The van der Waals surface area contributed by atoms with Gasteiger partial charge in [0.2, 0.25) is 5.91 Å². The fraction of sp³-hybridized carbons (Fsp3) is 0.941. The number of nitrogens with zero attached hydrogens (tertiary/aromatic N) is 1. The van der Waals surface area contributed by atoms with Crippen molar-refractivity contribution in [2.24, 2.45) is 17.8 Å². The third kappa shape index (κ3) is 3.59. The lowest BCUT2D eigenvalue weighted by molar-refractivity contribution is -0.131. The number of carbonyl (C=O) groups is 1. The summed E-state index contributed by atoms with van der Waals surface area (Å²) in [6, 6.07) is 0.520. The van der Waals surface area contributed by atoms with Gasteiger partial charge >= 0.3 is 0 Å². The second-order valence-electron chi connectivity index (χ2n) is 7.22. The molecule has 3 fully saturated rings. The molecule has 120 valence electrons. The molecule has 0 aromatic rings. The Morgan fingerprint density at radius 2 is 2.19 bits per heavy atom. The molecule has 1 aliphatic heterocycles. The zero-order valence-electron chi connectivity index (χ0n) is 13.4. The Kier molecular flexibility index (Phi) is 5.17. The molecule has 3 aliphatic rings. The van der Waals surface area contributed by atoms with Crippen LogP contribution in [0.15, 0.2) is 0 Å². The first-order valence-corrected chi connectivity index (χ1v) is 8.77. The monoisotopic (exact) mass is 294 g/mol. The minimum Gasteiger partial charge on any atom is -0.383 e. The SMILES string of the molecule is COCCNCC(=O)N1CCCC1CC1CC2CCC1C2. The Morgan fingerprint density at radius 1 is 1.29 bits per heavy atom. The number of hydrogen-bond donors (Lipinski definition) is 1. The number of amides is 1. The first-order valence-electron chi connectivity index (χ1n) is 8.77. The summed E-state index contributed by atoms with van der Waals surface area (Å²) in [5, 5.41) is 3.19. The van der Waals surface area contributed by atoms with E-state index >= 15 is 0 Å². The normalized spacial score (nSPS) is 34.8. The van der Waals surface area contributed by atoms with Gasteiger partial charge in [0, 0.05) is 26.2 Å². The maximum absolute atomic E-state index is 12.4. The van der Waals surface area contributed by atoms with Gasteiger partial charge < -0.3 is 15.0 Å². The predicted molar refractivity (Wildman–Crippen MR) is 83.0 cm³/mol. The number of rotatable bonds is 7. The van der Waals surface area contributed by atoms with Gasteiger partial charge in [0.15, 0.2) is 0 Å². The molecule has 0 spiro atoms. The van der Waals surface area contributed by atoms with E-state index in [0.717, 1.165) is 30.8 Å². The van der Waals surface area contributed by atoms with Crippen molar-refractivity contribution < 1.29 is 9.53 Å². The second-order valence-corrected chi connectivity index (χ2v) is 7.22. The Morgan fingerprint density at radius 3 is 2.90 bits per heavy atom. The maximum Gasteiger partial charge on any atom is 0.236 e. The molecule has 1 saturated heterocycles. The average Bonchev–Trinajstić information content (AvgIpc) is 3.19. The molecule has 2 aliphatic carbocycles. The highest BCUT2D eigenvalue weighted by atomic mass is 16.5. The molecule has 4 atom stereocenters. The van der Waals surface area contributed by atoms with Crippen molar-refractivity contribution in [2.75, 3.05) is 33.4 Å². The van der Waals surface area contributed by atoms with E-state index in [1.807, 2.05) is 0 Å². The number of methoxy groups -OCH3 is 1. The van der Waals surface area contributed by atoms with E-state index in [-0.39, 0.29) is 5.91 Å². The number of fused-ring (bicyclic) bond motifs is 2. The van der Waals surface area contributed by atoms with Crippen LogP contribution in [0.3, 0.4) is 0 Å². The molecule has 0 aromatic heterocycles. The molecule has 3 rings (SSSR count). The molecule has 1 heterocycles. The predicted octanol–water partition coefficient (Wildman–Crippen LogP) is 2.04. The van der Waals surface area contributed by atoms with Gasteiger partial charge in [-0.2, -0.15) is 0 Å². The molecule has 4 heteroatoms. The molecular weight excluding hydrogens is 264 g/mol.